The maximum absolute atomic E-state index is 16.3. The summed E-state index contributed by atoms with van der Waals surface area (Å²) >= 11 is 0. The van der Waals surface area contributed by atoms with Crippen molar-refractivity contribution >= 4 is 11.7 Å². The first-order chi connectivity index (χ1) is 22.5. The number of alkyl halides is 1. The van der Waals surface area contributed by atoms with Crippen LogP contribution in [0.4, 0.5) is 4.39 Å². The Morgan fingerprint density at radius 1 is 0.957 bits per heavy atom. The first kappa shape index (κ1) is 31.6. The van der Waals surface area contributed by atoms with Gasteiger partial charge in [0.25, 0.3) is 5.91 Å². The molecule has 0 spiro atoms. The molecule has 12 atom stereocenters. The smallest absolute Gasteiger partial charge is 0.256 e. The van der Waals surface area contributed by atoms with Gasteiger partial charge in [0, 0.05) is 44.3 Å². The number of nitrogens with zero attached hydrogens (tertiary/aromatic N) is 3. The van der Waals surface area contributed by atoms with Gasteiger partial charge in [0.1, 0.15) is 6.17 Å². The van der Waals surface area contributed by atoms with Crippen LogP contribution in [0.15, 0.2) is 11.8 Å². The van der Waals surface area contributed by atoms with Crippen LogP contribution >= 0.6 is 0 Å². The lowest BCUT2D eigenvalue weighted by Gasteiger charge is -2.60. The zero-order valence-corrected chi connectivity index (χ0v) is 27.5. The summed E-state index contributed by atoms with van der Waals surface area (Å²) in [6, 6.07) is -0.211. The van der Waals surface area contributed by atoms with Crippen molar-refractivity contribution in [3.63, 3.8) is 0 Å². The van der Waals surface area contributed by atoms with Crippen LogP contribution < -0.4 is 10.6 Å². The van der Waals surface area contributed by atoms with Crippen molar-refractivity contribution < 1.29 is 28.2 Å². The van der Waals surface area contributed by atoms with Crippen LogP contribution in [0.2, 0.25) is 0 Å². The van der Waals surface area contributed by atoms with Gasteiger partial charge < -0.3 is 34.6 Å². The Kier molecular flexibility index (Phi) is 9.18. The highest BCUT2D eigenvalue weighted by atomic mass is 19.1. The third kappa shape index (κ3) is 5.85. The average Bonchev–Trinajstić information content (AvgIpc) is 3.65. The number of ketones is 1. The molecular weight excluding hydrogens is 589 g/mol. The van der Waals surface area contributed by atoms with Gasteiger partial charge in [-0.3, -0.25) is 14.5 Å². The van der Waals surface area contributed by atoms with Gasteiger partial charge in [-0.05, 0) is 83.3 Å². The molecule has 11 heteroatoms. The summed E-state index contributed by atoms with van der Waals surface area (Å²) in [6.07, 6.45) is 10.7. The number of fused-ring (bicyclic) bond motifs is 5. The highest BCUT2D eigenvalue weighted by Gasteiger charge is 2.61. The van der Waals surface area contributed by atoms with E-state index < -0.39 is 24.2 Å². The van der Waals surface area contributed by atoms with Crippen LogP contribution in [0, 0.1) is 17.8 Å². The predicted molar refractivity (Wildman–Crippen MR) is 170 cm³/mol. The van der Waals surface area contributed by atoms with E-state index in [1.807, 2.05) is 6.20 Å². The molecule has 8 aliphatic rings. The van der Waals surface area contributed by atoms with Crippen molar-refractivity contribution in [3.05, 3.63) is 11.8 Å². The summed E-state index contributed by atoms with van der Waals surface area (Å²) in [5.41, 5.74) is 0.175. The van der Waals surface area contributed by atoms with Crippen LogP contribution in [-0.2, 0) is 23.8 Å². The summed E-state index contributed by atoms with van der Waals surface area (Å²) < 4.78 is 35.4. The minimum absolute atomic E-state index is 0.0124. The fraction of sp³-hybridized carbons (Fsp3) is 0.886. The van der Waals surface area contributed by atoms with Gasteiger partial charge in [0.05, 0.1) is 61.3 Å². The molecule has 0 aromatic rings. The number of amides is 1. The van der Waals surface area contributed by atoms with Gasteiger partial charge in [-0.2, -0.15) is 0 Å². The number of halogens is 1. The topological polar surface area (TPSA) is 95.6 Å². The zero-order valence-electron chi connectivity index (χ0n) is 27.5. The SMILES string of the molecule is CN1CCCC1CCNC1C(F)CC2C(=O)C(C(=O)NCCN3CCOCC3)=CN3C4CC5OC6CCCCC6C5CC4OC1C23. The molecular formula is C35H54FN5O5. The number of Topliss-reactive ketones (excluding diaryl/α,β-unsaturated/α-hetero) is 1. The monoisotopic (exact) mass is 643 g/mol. The first-order valence-electron chi connectivity index (χ1n) is 18.5. The highest BCUT2D eigenvalue weighted by Crippen LogP contribution is 2.52. The molecule has 5 aliphatic heterocycles. The van der Waals surface area contributed by atoms with Gasteiger partial charge in [-0.15, -0.1) is 0 Å². The Balaban J connectivity index is 1.03. The predicted octanol–water partition coefficient (Wildman–Crippen LogP) is 1.88. The standard InChI is InChI=1S/C35H54FN5O5/c1-39-11-4-5-21(39)8-9-37-31-26(36)17-24-32-34(31)46-30-18-23-22-6-2-3-7-28(22)45-29(23)19-27(30)41(32)20-25(33(24)42)35(43)38-10-12-40-13-15-44-16-14-40/h20-24,26-32,34,37H,2-19H2,1H3,(H,38,43). The summed E-state index contributed by atoms with van der Waals surface area (Å²) in [5, 5.41) is 6.62. The van der Waals surface area contributed by atoms with Crippen molar-refractivity contribution in [2.45, 2.75) is 119 Å². The Bertz CT molecular complexity index is 1170. The molecule has 8 rings (SSSR count). The molecule has 1 amide bonds. The molecule has 3 aliphatic carbocycles. The van der Waals surface area contributed by atoms with Gasteiger partial charge in [0.2, 0.25) is 0 Å². The number of rotatable bonds is 8. The lowest BCUT2D eigenvalue weighted by atomic mass is 9.67. The molecule has 5 heterocycles. The van der Waals surface area contributed by atoms with Crippen molar-refractivity contribution in [2.24, 2.45) is 17.8 Å². The number of hydrogen-bond acceptors (Lipinski definition) is 9. The Morgan fingerprint density at radius 2 is 1.80 bits per heavy atom. The lowest BCUT2D eigenvalue weighted by molar-refractivity contribution is -0.209. The molecule has 0 aromatic heterocycles. The highest BCUT2D eigenvalue weighted by molar-refractivity contribution is 6.20. The number of ether oxygens (including phenoxy) is 3. The largest absolute Gasteiger partial charge is 0.379 e. The first-order valence-corrected chi connectivity index (χ1v) is 18.5. The van der Waals surface area contributed by atoms with E-state index in [4.69, 9.17) is 14.2 Å². The molecule has 256 valence electrons. The number of carbonyl (C=O) groups excluding carboxylic acids is 2. The van der Waals surface area contributed by atoms with Crippen molar-refractivity contribution in [2.75, 3.05) is 59.5 Å². The average molecular weight is 644 g/mol. The van der Waals surface area contributed by atoms with Crippen molar-refractivity contribution in [1.29, 1.82) is 0 Å². The number of morpholine rings is 2. The third-order valence-electron chi connectivity index (χ3n) is 13.0. The van der Waals surface area contributed by atoms with E-state index in [2.05, 4.69) is 32.4 Å². The van der Waals surface area contributed by atoms with Crippen molar-refractivity contribution in [3.8, 4) is 0 Å². The Labute approximate surface area is 273 Å². The maximum atomic E-state index is 16.3. The fourth-order valence-electron chi connectivity index (χ4n) is 10.6. The molecule has 46 heavy (non-hydrogen) atoms. The van der Waals surface area contributed by atoms with Crippen LogP contribution in [-0.4, -0.2) is 141 Å². The number of nitrogens with one attached hydrogen (secondary N) is 2. The lowest BCUT2D eigenvalue weighted by Crippen LogP contribution is -2.73. The molecule has 2 N–H and O–H groups in total. The molecule has 0 radical (unpaired) electrons. The van der Waals surface area contributed by atoms with E-state index in [0.717, 1.165) is 51.9 Å². The normalized spacial score (nSPS) is 44.2. The van der Waals surface area contributed by atoms with E-state index in [9.17, 15) is 9.59 Å². The summed E-state index contributed by atoms with van der Waals surface area (Å²) in [5.74, 6) is -0.133. The Morgan fingerprint density at radius 3 is 2.63 bits per heavy atom. The summed E-state index contributed by atoms with van der Waals surface area (Å²) in [7, 11) is 2.18. The minimum Gasteiger partial charge on any atom is -0.379 e. The van der Waals surface area contributed by atoms with E-state index in [0.29, 0.717) is 50.3 Å². The van der Waals surface area contributed by atoms with Gasteiger partial charge >= 0.3 is 0 Å². The van der Waals surface area contributed by atoms with Crippen LogP contribution in [0.5, 0.6) is 0 Å². The molecule has 3 saturated carbocycles. The molecule has 10 nitrogen and oxygen atoms in total. The molecule has 0 bridgehead atoms. The fourth-order valence-corrected chi connectivity index (χ4v) is 10.6. The number of carbonyl (C=O) groups is 2. The van der Waals surface area contributed by atoms with E-state index in [1.165, 1.54) is 32.1 Å². The van der Waals surface area contributed by atoms with Gasteiger partial charge in [-0.1, -0.05) is 12.8 Å². The summed E-state index contributed by atoms with van der Waals surface area (Å²) in [4.78, 5) is 34.6. The summed E-state index contributed by atoms with van der Waals surface area (Å²) in [6.45, 7) is 6.12. The molecule has 7 fully saturated rings. The van der Waals surface area contributed by atoms with Crippen molar-refractivity contribution in [1.82, 2.24) is 25.3 Å². The van der Waals surface area contributed by atoms with E-state index >= 15 is 4.39 Å². The number of likely N-dealkylation sites (tertiary alicyclic amines) is 1. The second-order valence-corrected chi connectivity index (χ2v) is 15.5. The molecule has 4 saturated heterocycles. The van der Waals surface area contributed by atoms with E-state index in [-0.39, 0.29) is 48.0 Å². The maximum Gasteiger partial charge on any atom is 0.256 e. The minimum atomic E-state index is -1.22. The number of hydrogen-bond donors (Lipinski definition) is 2. The van der Waals surface area contributed by atoms with Crippen LogP contribution in [0.1, 0.15) is 64.2 Å². The second kappa shape index (κ2) is 13.3. The van der Waals surface area contributed by atoms with E-state index in [1.54, 1.807) is 0 Å². The van der Waals surface area contributed by atoms with Gasteiger partial charge in [-0.25, -0.2) is 4.39 Å². The van der Waals surface area contributed by atoms with Gasteiger partial charge in [0.15, 0.2) is 5.78 Å². The van der Waals surface area contributed by atoms with Crippen LogP contribution in [0.3, 0.4) is 0 Å². The zero-order chi connectivity index (χ0) is 31.4. The molecule has 12 unspecified atom stereocenters. The Hall–Kier alpha value is -1.63. The van der Waals surface area contributed by atoms with Crippen LogP contribution in [0.25, 0.3) is 0 Å². The molecule has 0 aromatic carbocycles. The second-order valence-electron chi connectivity index (χ2n) is 15.5. The third-order valence-corrected chi connectivity index (χ3v) is 13.0. The quantitative estimate of drug-likeness (QED) is 0.385.